The van der Waals surface area contributed by atoms with Gasteiger partial charge in [0.25, 0.3) is 0 Å². The lowest BCUT2D eigenvalue weighted by atomic mass is 9.93. The van der Waals surface area contributed by atoms with E-state index in [1.165, 1.54) is 0 Å². The summed E-state index contributed by atoms with van der Waals surface area (Å²) in [5.41, 5.74) is 3.05. The Balaban J connectivity index is 1.78. The van der Waals surface area contributed by atoms with Crippen LogP contribution in [0.1, 0.15) is 24.5 Å². The minimum Gasteiger partial charge on any atom is -0.497 e. The molecule has 1 amide bonds. The summed E-state index contributed by atoms with van der Waals surface area (Å²) >= 11 is 0. The molecule has 0 aliphatic carbocycles. The first kappa shape index (κ1) is 18.4. The Kier molecular flexibility index (Phi) is 5.89. The van der Waals surface area contributed by atoms with Gasteiger partial charge in [-0.15, -0.1) is 0 Å². The van der Waals surface area contributed by atoms with E-state index in [0.29, 0.717) is 12.5 Å². The second kappa shape index (κ2) is 8.32. The quantitative estimate of drug-likeness (QED) is 0.829. The fourth-order valence-corrected chi connectivity index (χ4v) is 3.44. The number of aromatic nitrogens is 1. The van der Waals surface area contributed by atoms with Crippen molar-refractivity contribution in [2.75, 3.05) is 40.8 Å². The predicted octanol–water partition coefficient (Wildman–Crippen LogP) is 3.02. The fourth-order valence-electron chi connectivity index (χ4n) is 3.44. The van der Waals surface area contributed by atoms with Crippen molar-refractivity contribution in [2.24, 2.45) is 0 Å². The van der Waals surface area contributed by atoms with Crippen molar-refractivity contribution in [2.45, 2.75) is 18.8 Å². The third-order valence-corrected chi connectivity index (χ3v) is 4.78. The molecule has 0 N–H and O–H groups in total. The van der Waals surface area contributed by atoms with Crippen LogP contribution in [0.15, 0.2) is 42.5 Å². The molecule has 0 saturated carbocycles. The highest BCUT2D eigenvalue weighted by molar-refractivity contribution is 5.78. The smallest absolute Gasteiger partial charge is 0.236 e. The van der Waals surface area contributed by atoms with Gasteiger partial charge in [-0.05, 0) is 51.2 Å². The molecule has 1 saturated heterocycles. The second-order valence-corrected chi connectivity index (χ2v) is 7.10. The molecule has 1 aromatic carbocycles. The Bertz CT molecular complexity index is 760. The normalized spacial score (nSPS) is 17.4. The summed E-state index contributed by atoms with van der Waals surface area (Å²) in [7, 11) is 5.53. The number of methoxy groups -OCH3 is 1. The molecule has 0 bridgehead atoms. The Labute approximate surface area is 155 Å². The van der Waals surface area contributed by atoms with Crippen molar-refractivity contribution in [3.8, 4) is 17.0 Å². The zero-order valence-electron chi connectivity index (χ0n) is 15.8. The van der Waals surface area contributed by atoms with Crippen LogP contribution in [0.4, 0.5) is 0 Å². The molecule has 26 heavy (non-hydrogen) atoms. The Morgan fingerprint density at radius 3 is 2.85 bits per heavy atom. The number of piperidine rings is 1. The molecular formula is C21H27N3O2. The lowest BCUT2D eigenvalue weighted by Crippen LogP contribution is -2.43. The van der Waals surface area contributed by atoms with E-state index >= 15 is 0 Å². The van der Waals surface area contributed by atoms with E-state index in [1.54, 1.807) is 7.11 Å². The maximum Gasteiger partial charge on any atom is 0.236 e. The highest BCUT2D eigenvalue weighted by Crippen LogP contribution is 2.28. The molecule has 5 heteroatoms. The van der Waals surface area contributed by atoms with Crippen molar-refractivity contribution < 1.29 is 9.53 Å². The van der Waals surface area contributed by atoms with Crippen molar-refractivity contribution >= 4 is 5.91 Å². The van der Waals surface area contributed by atoms with Gasteiger partial charge in [0.1, 0.15) is 5.75 Å². The van der Waals surface area contributed by atoms with Crippen LogP contribution in [0.3, 0.4) is 0 Å². The summed E-state index contributed by atoms with van der Waals surface area (Å²) in [4.78, 5) is 21.2. The number of nitrogens with zero attached hydrogens (tertiary/aromatic N) is 3. The Morgan fingerprint density at radius 1 is 1.27 bits per heavy atom. The molecule has 2 aromatic rings. The highest BCUT2D eigenvalue weighted by atomic mass is 16.5. The van der Waals surface area contributed by atoms with Crippen molar-refractivity contribution in [3.63, 3.8) is 0 Å². The van der Waals surface area contributed by atoms with Gasteiger partial charge in [0, 0.05) is 30.3 Å². The first-order valence-electron chi connectivity index (χ1n) is 9.10. The number of benzene rings is 1. The average Bonchev–Trinajstić information content (AvgIpc) is 2.68. The maximum absolute atomic E-state index is 12.4. The molecule has 5 nitrogen and oxygen atoms in total. The molecular weight excluding hydrogens is 326 g/mol. The van der Waals surface area contributed by atoms with Crippen molar-refractivity contribution in [1.82, 2.24) is 14.8 Å². The largest absolute Gasteiger partial charge is 0.497 e. The van der Waals surface area contributed by atoms with E-state index in [2.05, 4.69) is 12.1 Å². The molecule has 0 spiro atoms. The van der Waals surface area contributed by atoms with E-state index in [-0.39, 0.29) is 5.91 Å². The standard InChI is InChI=1S/C21H27N3O2/c1-23(2)15-21(25)24-12-6-8-17(14-24)20-11-5-10-19(22-20)16-7-4-9-18(13-16)26-3/h4-5,7,9-11,13,17H,6,8,12,14-15H2,1-3H3/t17-/m1/s1. The van der Waals surface area contributed by atoms with E-state index in [1.807, 2.05) is 54.2 Å². The Hall–Kier alpha value is -2.40. The van der Waals surface area contributed by atoms with Crippen LogP contribution in [-0.2, 0) is 4.79 Å². The number of hydrogen-bond acceptors (Lipinski definition) is 4. The highest BCUT2D eigenvalue weighted by Gasteiger charge is 2.25. The summed E-state index contributed by atoms with van der Waals surface area (Å²) in [6, 6.07) is 14.1. The molecule has 0 unspecified atom stereocenters. The van der Waals surface area contributed by atoms with E-state index < -0.39 is 0 Å². The molecule has 2 heterocycles. The minimum atomic E-state index is 0.198. The lowest BCUT2D eigenvalue weighted by Gasteiger charge is -2.33. The van der Waals surface area contributed by atoms with Gasteiger partial charge in [0.05, 0.1) is 19.3 Å². The molecule has 1 atom stereocenters. The molecule has 1 fully saturated rings. The first-order chi connectivity index (χ1) is 12.6. The third kappa shape index (κ3) is 4.41. The van der Waals surface area contributed by atoms with Gasteiger partial charge in [0.2, 0.25) is 5.91 Å². The summed E-state index contributed by atoms with van der Waals surface area (Å²) in [5.74, 6) is 1.32. The van der Waals surface area contributed by atoms with Crippen LogP contribution in [-0.4, -0.2) is 61.5 Å². The fraction of sp³-hybridized carbons (Fsp3) is 0.429. The van der Waals surface area contributed by atoms with Gasteiger partial charge in [-0.3, -0.25) is 9.78 Å². The molecule has 1 aliphatic heterocycles. The van der Waals surface area contributed by atoms with Crippen molar-refractivity contribution in [1.29, 1.82) is 0 Å². The van der Waals surface area contributed by atoms with Crippen LogP contribution in [0, 0.1) is 0 Å². The summed E-state index contributed by atoms with van der Waals surface area (Å²) in [6.07, 6.45) is 2.09. The number of carbonyl (C=O) groups is 1. The molecule has 138 valence electrons. The molecule has 1 aromatic heterocycles. The number of ether oxygens (including phenoxy) is 1. The van der Waals surface area contributed by atoms with Gasteiger partial charge >= 0.3 is 0 Å². The number of hydrogen-bond donors (Lipinski definition) is 0. The SMILES string of the molecule is COc1cccc(-c2cccc([C@@H]3CCCN(C(=O)CN(C)C)C3)n2)c1. The summed E-state index contributed by atoms with van der Waals surface area (Å²) in [6.45, 7) is 2.06. The number of likely N-dealkylation sites (N-methyl/N-ethyl adjacent to an activating group) is 1. The van der Waals surface area contributed by atoms with E-state index in [0.717, 1.165) is 48.6 Å². The van der Waals surface area contributed by atoms with Gasteiger partial charge in [-0.25, -0.2) is 0 Å². The number of amides is 1. The van der Waals surface area contributed by atoms with Crippen LogP contribution >= 0.6 is 0 Å². The molecule has 1 aliphatic rings. The van der Waals surface area contributed by atoms with Crippen LogP contribution in [0.5, 0.6) is 5.75 Å². The topological polar surface area (TPSA) is 45.7 Å². The third-order valence-electron chi connectivity index (χ3n) is 4.78. The average molecular weight is 353 g/mol. The number of likely N-dealkylation sites (tertiary alicyclic amines) is 1. The van der Waals surface area contributed by atoms with Gasteiger partial charge < -0.3 is 14.5 Å². The summed E-state index contributed by atoms with van der Waals surface area (Å²) in [5, 5.41) is 0. The maximum atomic E-state index is 12.4. The molecule has 3 rings (SSSR count). The second-order valence-electron chi connectivity index (χ2n) is 7.10. The van der Waals surface area contributed by atoms with Gasteiger partial charge in [-0.2, -0.15) is 0 Å². The van der Waals surface area contributed by atoms with Gasteiger partial charge in [0.15, 0.2) is 0 Å². The first-order valence-corrected chi connectivity index (χ1v) is 9.10. The minimum absolute atomic E-state index is 0.198. The zero-order chi connectivity index (χ0) is 18.5. The predicted molar refractivity (Wildman–Crippen MR) is 103 cm³/mol. The Morgan fingerprint density at radius 2 is 2.08 bits per heavy atom. The number of rotatable bonds is 5. The summed E-state index contributed by atoms with van der Waals surface area (Å²) < 4.78 is 5.32. The van der Waals surface area contributed by atoms with Crippen LogP contribution in [0.25, 0.3) is 11.3 Å². The lowest BCUT2D eigenvalue weighted by molar-refractivity contribution is -0.133. The van der Waals surface area contributed by atoms with Crippen molar-refractivity contribution in [3.05, 3.63) is 48.2 Å². The molecule has 0 radical (unpaired) electrons. The number of pyridine rings is 1. The van der Waals surface area contributed by atoms with Crippen LogP contribution < -0.4 is 4.74 Å². The van der Waals surface area contributed by atoms with Crippen LogP contribution in [0.2, 0.25) is 0 Å². The van der Waals surface area contributed by atoms with E-state index in [9.17, 15) is 4.79 Å². The number of carbonyl (C=O) groups excluding carboxylic acids is 1. The van der Waals surface area contributed by atoms with Gasteiger partial charge in [-0.1, -0.05) is 18.2 Å². The zero-order valence-corrected chi connectivity index (χ0v) is 15.8. The van der Waals surface area contributed by atoms with E-state index in [4.69, 9.17) is 9.72 Å². The monoisotopic (exact) mass is 353 g/mol.